The Bertz CT molecular complexity index is 749. The van der Waals surface area contributed by atoms with Crippen LogP contribution in [0.1, 0.15) is 24.5 Å². The number of fused-ring (bicyclic) bond motifs is 1. The number of aromatic nitrogens is 2. The molecule has 3 heterocycles. The molecule has 2 aliphatic rings. The van der Waals surface area contributed by atoms with Gasteiger partial charge in [0.05, 0.1) is 11.2 Å². The number of likely N-dealkylation sites (N-methyl/N-ethyl adjacent to an activating group) is 1. The molecule has 1 aromatic carbocycles. The van der Waals surface area contributed by atoms with Crippen LogP contribution in [0.3, 0.4) is 0 Å². The van der Waals surface area contributed by atoms with Gasteiger partial charge in [0.25, 0.3) is 0 Å². The molecule has 0 unspecified atom stereocenters. The number of rotatable bonds is 3. The molecular formula is C19H25N5O. The minimum atomic E-state index is 0.407. The van der Waals surface area contributed by atoms with Gasteiger partial charge < -0.3 is 14.7 Å². The molecule has 132 valence electrons. The number of piperazine rings is 1. The molecule has 0 N–H and O–H groups in total. The third-order valence-electron chi connectivity index (χ3n) is 5.58. The van der Waals surface area contributed by atoms with Crippen LogP contribution in [-0.4, -0.2) is 72.5 Å². The summed E-state index contributed by atoms with van der Waals surface area (Å²) >= 11 is 0. The predicted octanol–water partition coefficient (Wildman–Crippen LogP) is 1.72. The van der Waals surface area contributed by atoms with Crippen molar-refractivity contribution in [2.24, 2.45) is 0 Å². The zero-order valence-corrected chi connectivity index (χ0v) is 14.8. The van der Waals surface area contributed by atoms with Gasteiger partial charge in [-0.05, 0) is 38.1 Å². The number of carbonyl (C=O) groups is 1. The summed E-state index contributed by atoms with van der Waals surface area (Å²) in [4.78, 5) is 26.7. The number of nitrogens with zero attached hydrogens (tertiary/aromatic N) is 5. The van der Waals surface area contributed by atoms with E-state index >= 15 is 0 Å². The Labute approximate surface area is 148 Å². The molecule has 0 aliphatic carbocycles. The average molecular weight is 339 g/mol. The van der Waals surface area contributed by atoms with Gasteiger partial charge in [0, 0.05) is 56.3 Å². The standard InChI is InChI=1S/C19H25N5O/c1-22-8-10-24(11-9-22)16-2-3-18-17(12-16)19(21-13-20-18)15-4-6-23(14-25)7-5-15/h2-3,12-15H,4-11H2,1H3. The predicted molar refractivity (Wildman–Crippen MR) is 98.9 cm³/mol. The number of anilines is 1. The summed E-state index contributed by atoms with van der Waals surface area (Å²) in [5.74, 6) is 0.407. The normalized spacial score (nSPS) is 20.2. The van der Waals surface area contributed by atoms with E-state index in [9.17, 15) is 4.79 Å². The molecule has 1 aromatic heterocycles. The van der Waals surface area contributed by atoms with Gasteiger partial charge in [0.2, 0.25) is 6.41 Å². The lowest BCUT2D eigenvalue weighted by Crippen LogP contribution is -2.44. The second-order valence-corrected chi connectivity index (χ2v) is 7.17. The summed E-state index contributed by atoms with van der Waals surface area (Å²) in [6, 6.07) is 6.57. The fourth-order valence-electron chi connectivity index (χ4n) is 3.93. The largest absolute Gasteiger partial charge is 0.369 e. The molecule has 0 atom stereocenters. The first kappa shape index (κ1) is 16.3. The van der Waals surface area contributed by atoms with Gasteiger partial charge in [-0.2, -0.15) is 0 Å². The lowest BCUT2D eigenvalue weighted by Gasteiger charge is -2.34. The van der Waals surface area contributed by atoms with E-state index < -0.39 is 0 Å². The molecule has 0 spiro atoms. The average Bonchev–Trinajstić information content (AvgIpc) is 2.68. The van der Waals surface area contributed by atoms with Crippen molar-refractivity contribution in [2.75, 3.05) is 51.2 Å². The van der Waals surface area contributed by atoms with E-state index in [0.717, 1.165) is 69.7 Å². The van der Waals surface area contributed by atoms with Gasteiger partial charge >= 0.3 is 0 Å². The summed E-state index contributed by atoms with van der Waals surface area (Å²) in [7, 11) is 2.18. The molecule has 2 aliphatic heterocycles. The molecular weight excluding hydrogens is 314 g/mol. The van der Waals surface area contributed by atoms with E-state index in [4.69, 9.17) is 0 Å². The second-order valence-electron chi connectivity index (χ2n) is 7.17. The number of piperidine rings is 1. The number of likely N-dealkylation sites (tertiary alicyclic amines) is 1. The Morgan fingerprint density at radius 2 is 1.80 bits per heavy atom. The Morgan fingerprint density at radius 1 is 1.04 bits per heavy atom. The van der Waals surface area contributed by atoms with Crippen molar-refractivity contribution < 1.29 is 4.79 Å². The first-order chi connectivity index (χ1) is 12.2. The van der Waals surface area contributed by atoms with E-state index in [-0.39, 0.29) is 0 Å². The molecule has 2 fully saturated rings. The lowest BCUT2D eigenvalue weighted by atomic mass is 9.91. The molecule has 2 aromatic rings. The third-order valence-corrected chi connectivity index (χ3v) is 5.58. The fourth-order valence-corrected chi connectivity index (χ4v) is 3.93. The van der Waals surface area contributed by atoms with Gasteiger partial charge in [0.15, 0.2) is 0 Å². The third kappa shape index (κ3) is 3.31. The molecule has 25 heavy (non-hydrogen) atoms. The van der Waals surface area contributed by atoms with Crippen LogP contribution in [0.4, 0.5) is 5.69 Å². The maximum absolute atomic E-state index is 10.9. The molecule has 0 bridgehead atoms. The molecule has 6 heteroatoms. The van der Waals surface area contributed by atoms with Crippen molar-refractivity contribution in [2.45, 2.75) is 18.8 Å². The smallest absolute Gasteiger partial charge is 0.209 e. The highest BCUT2D eigenvalue weighted by Crippen LogP contribution is 2.32. The van der Waals surface area contributed by atoms with Crippen molar-refractivity contribution in [3.05, 3.63) is 30.2 Å². The van der Waals surface area contributed by atoms with Crippen molar-refractivity contribution in [1.29, 1.82) is 0 Å². The van der Waals surface area contributed by atoms with Gasteiger partial charge in [-0.3, -0.25) is 4.79 Å². The van der Waals surface area contributed by atoms with Crippen LogP contribution in [-0.2, 0) is 4.79 Å². The number of hydrogen-bond donors (Lipinski definition) is 0. The van der Waals surface area contributed by atoms with Crippen LogP contribution in [0, 0.1) is 0 Å². The van der Waals surface area contributed by atoms with Gasteiger partial charge in [-0.25, -0.2) is 9.97 Å². The van der Waals surface area contributed by atoms with Crippen LogP contribution in [0.5, 0.6) is 0 Å². The highest BCUT2D eigenvalue weighted by Gasteiger charge is 2.23. The van der Waals surface area contributed by atoms with Gasteiger partial charge in [0.1, 0.15) is 6.33 Å². The second kappa shape index (κ2) is 6.96. The van der Waals surface area contributed by atoms with E-state index in [1.165, 1.54) is 11.1 Å². The zero-order valence-electron chi connectivity index (χ0n) is 14.8. The highest BCUT2D eigenvalue weighted by molar-refractivity contribution is 5.85. The molecule has 0 saturated carbocycles. The SMILES string of the molecule is CN1CCN(c2ccc3ncnc(C4CCN(C=O)CC4)c3c2)CC1. The summed E-state index contributed by atoms with van der Waals surface area (Å²) in [6.07, 6.45) is 4.59. The van der Waals surface area contributed by atoms with Crippen molar-refractivity contribution in [1.82, 2.24) is 19.8 Å². The Hall–Kier alpha value is -2.21. The topological polar surface area (TPSA) is 52.6 Å². The minimum absolute atomic E-state index is 0.407. The van der Waals surface area contributed by atoms with Crippen LogP contribution < -0.4 is 4.90 Å². The summed E-state index contributed by atoms with van der Waals surface area (Å²) < 4.78 is 0. The minimum Gasteiger partial charge on any atom is -0.369 e. The number of carbonyl (C=O) groups excluding carboxylic acids is 1. The van der Waals surface area contributed by atoms with Crippen molar-refractivity contribution >= 4 is 23.0 Å². The molecule has 1 amide bonds. The van der Waals surface area contributed by atoms with Crippen LogP contribution in [0.25, 0.3) is 10.9 Å². The van der Waals surface area contributed by atoms with E-state index in [2.05, 4.69) is 45.0 Å². The Balaban J connectivity index is 1.63. The van der Waals surface area contributed by atoms with E-state index in [1.54, 1.807) is 6.33 Å². The Kier molecular flexibility index (Phi) is 4.53. The Morgan fingerprint density at radius 3 is 2.52 bits per heavy atom. The van der Waals surface area contributed by atoms with Crippen molar-refractivity contribution in [3.63, 3.8) is 0 Å². The van der Waals surface area contributed by atoms with Crippen LogP contribution in [0.2, 0.25) is 0 Å². The molecule has 4 rings (SSSR count). The van der Waals surface area contributed by atoms with Gasteiger partial charge in [-0.1, -0.05) is 0 Å². The van der Waals surface area contributed by atoms with E-state index in [1.807, 2.05) is 4.90 Å². The van der Waals surface area contributed by atoms with Crippen LogP contribution >= 0.6 is 0 Å². The lowest BCUT2D eigenvalue weighted by molar-refractivity contribution is -0.119. The first-order valence-electron chi connectivity index (χ1n) is 9.12. The van der Waals surface area contributed by atoms with Gasteiger partial charge in [-0.15, -0.1) is 0 Å². The van der Waals surface area contributed by atoms with Crippen LogP contribution in [0.15, 0.2) is 24.5 Å². The molecule has 6 nitrogen and oxygen atoms in total. The number of benzene rings is 1. The number of amides is 1. The number of hydrogen-bond acceptors (Lipinski definition) is 5. The maximum Gasteiger partial charge on any atom is 0.209 e. The molecule has 0 radical (unpaired) electrons. The van der Waals surface area contributed by atoms with Crippen molar-refractivity contribution in [3.8, 4) is 0 Å². The van der Waals surface area contributed by atoms with E-state index in [0.29, 0.717) is 5.92 Å². The summed E-state index contributed by atoms with van der Waals surface area (Å²) in [5, 5.41) is 1.17. The molecule has 2 saturated heterocycles. The first-order valence-corrected chi connectivity index (χ1v) is 9.12. The summed E-state index contributed by atoms with van der Waals surface area (Å²) in [5.41, 5.74) is 3.43. The monoisotopic (exact) mass is 339 g/mol. The quantitative estimate of drug-likeness (QED) is 0.797. The fraction of sp³-hybridized carbons (Fsp3) is 0.526. The zero-order chi connectivity index (χ0) is 17.2. The summed E-state index contributed by atoms with van der Waals surface area (Å²) in [6.45, 7) is 5.95. The highest BCUT2D eigenvalue weighted by atomic mass is 16.1. The maximum atomic E-state index is 10.9.